The number of imidazole rings is 1. The Labute approximate surface area is 149 Å². The van der Waals surface area contributed by atoms with Gasteiger partial charge in [-0.1, -0.05) is 13.8 Å². The molecular formula is C18H30N6O. The Hall–Kier alpha value is -2.18. The normalized spacial score (nSPS) is 16.1. The highest BCUT2D eigenvalue weighted by atomic mass is 16.2. The van der Waals surface area contributed by atoms with Crippen molar-refractivity contribution in [3.05, 3.63) is 12.2 Å². The van der Waals surface area contributed by atoms with E-state index in [-0.39, 0.29) is 0 Å². The Balaban J connectivity index is 0.000000168. The van der Waals surface area contributed by atoms with Crippen LogP contribution in [0.1, 0.15) is 52.3 Å². The number of carbonyl (C=O) groups is 1. The second kappa shape index (κ2) is 8.78. The molecular weight excluding hydrogens is 316 g/mol. The zero-order valence-electron chi connectivity index (χ0n) is 15.8. The van der Waals surface area contributed by atoms with E-state index >= 15 is 0 Å². The van der Waals surface area contributed by atoms with Crippen LogP contribution in [-0.4, -0.2) is 43.4 Å². The third kappa shape index (κ3) is 4.46. The van der Waals surface area contributed by atoms with Crippen LogP contribution >= 0.6 is 0 Å². The first-order chi connectivity index (χ1) is 12.1. The fraction of sp³-hybridized carbons (Fsp3) is 0.667. The number of anilines is 1. The molecule has 1 aliphatic heterocycles. The number of nitrogens with zero attached hydrogens (tertiary/aromatic N) is 5. The summed E-state index contributed by atoms with van der Waals surface area (Å²) < 4.78 is 2.01. The quantitative estimate of drug-likeness (QED) is 0.903. The molecule has 7 heteroatoms. The molecule has 138 valence electrons. The van der Waals surface area contributed by atoms with Crippen LogP contribution in [0.2, 0.25) is 0 Å². The fourth-order valence-corrected chi connectivity index (χ4v) is 2.97. The molecule has 1 saturated carbocycles. The maximum atomic E-state index is 11.3. The Kier molecular flexibility index (Phi) is 6.73. The molecule has 25 heavy (non-hydrogen) atoms. The van der Waals surface area contributed by atoms with Crippen molar-refractivity contribution in [2.75, 3.05) is 18.8 Å². The van der Waals surface area contributed by atoms with Gasteiger partial charge in [-0.2, -0.15) is 0 Å². The van der Waals surface area contributed by atoms with E-state index in [9.17, 15) is 4.79 Å². The van der Waals surface area contributed by atoms with Crippen LogP contribution in [-0.2, 0) is 11.3 Å². The molecule has 2 N–H and O–H groups in total. The smallest absolute Gasteiger partial charge is 0.225 e. The van der Waals surface area contributed by atoms with E-state index in [2.05, 4.69) is 15.0 Å². The SMILES string of the molecule is CC.CCn1c(C)nc2c(N)ncnc21.O=C(C1CC1)N1CCCC1. The largest absolute Gasteiger partial charge is 0.382 e. The monoisotopic (exact) mass is 346 g/mol. The van der Waals surface area contributed by atoms with Gasteiger partial charge in [0.1, 0.15) is 12.2 Å². The Morgan fingerprint density at radius 1 is 1.24 bits per heavy atom. The highest BCUT2D eigenvalue weighted by Gasteiger charge is 2.34. The molecule has 2 aromatic rings. The summed E-state index contributed by atoms with van der Waals surface area (Å²) in [6, 6.07) is 0. The van der Waals surface area contributed by atoms with Gasteiger partial charge in [0.2, 0.25) is 5.91 Å². The summed E-state index contributed by atoms with van der Waals surface area (Å²) in [5.41, 5.74) is 7.17. The predicted octanol–water partition coefficient (Wildman–Crippen LogP) is 2.78. The lowest BCUT2D eigenvalue weighted by Gasteiger charge is -2.13. The third-order valence-electron chi connectivity index (χ3n) is 4.41. The first-order valence-corrected chi connectivity index (χ1v) is 9.34. The van der Waals surface area contributed by atoms with Crippen LogP contribution in [0.4, 0.5) is 5.82 Å². The number of carbonyl (C=O) groups excluding carboxylic acids is 1. The number of fused-ring (bicyclic) bond motifs is 1. The number of amides is 1. The first-order valence-electron chi connectivity index (χ1n) is 9.34. The van der Waals surface area contributed by atoms with Crippen molar-refractivity contribution in [1.82, 2.24) is 24.4 Å². The first kappa shape index (κ1) is 19.1. The predicted molar refractivity (Wildman–Crippen MR) is 100 cm³/mol. The van der Waals surface area contributed by atoms with Crippen LogP contribution in [0.3, 0.4) is 0 Å². The number of aromatic nitrogens is 4. The van der Waals surface area contributed by atoms with E-state index < -0.39 is 0 Å². The summed E-state index contributed by atoms with van der Waals surface area (Å²) in [5.74, 6) is 2.22. The van der Waals surface area contributed by atoms with Crippen LogP contribution in [0.5, 0.6) is 0 Å². The Bertz CT molecular complexity index is 701. The van der Waals surface area contributed by atoms with Crippen molar-refractivity contribution in [3.63, 3.8) is 0 Å². The summed E-state index contributed by atoms with van der Waals surface area (Å²) in [6.07, 6.45) is 6.20. The zero-order chi connectivity index (χ0) is 18.4. The lowest BCUT2D eigenvalue weighted by Crippen LogP contribution is -2.28. The van der Waals surface area contributed by atoms with Crippen molar-refractivity contribution in [2.24, 2.45) is 5.92 Å². The number of hydrogen-bond donors (Lipinski definition) is 1. The average molecular weight is 346 g/mol. The molecule has 0 radical (unpaired) electrons. The van der Waals surface area contributed by atoms with Crippen LogP contribution in [0.25, 0.3) is 11.2 Å². The average Bonchev–Trinajstić information content (AvgIpc) is 3.22. The lowest BCUT2D eigenvalue weighted by molar-refractivity contribution is -0.131. The molecule has 0 bridgehead atoms. The van der Waals surface area contributed by atoms with Gasteiger partial charge in [-0.3, -0.25) is 4.79 Å². The van der Waals surface area contributed by atoms with Gasteiger partial charge in [0.15, 0.2) is 17.0 Å². The second-order valence-electron chi connectivity index (χ2n) is 6.14. The van der Waals surface area contributed by atoms with Gasteiger partial charge in [0.25, 0.3) is 0 Å². The van der Waals surface area contributed by atoms with Gasteiger partial charge in [0, 0.05) is 25.6 Å². The van der Waals surface area contributed by atoms with Gasteiger partial charge < -0.3 is 15.2 Å². The summed E-state index contributed by atoms with van der Waals surface area (Å²) in [4.78, 5) is 25.7. The molecule has 2 aliphatic rings. The summed E-state index contributed by atoms with van der Waals surface area (Å²) >= 11 is 0. The molecule has 1 amide bonds. The van der Waals surface area contributed by atoms with Gasteiger partial charge in [-0.05, 0) is 39.5 Å². The van der Waals surface area contributed by atoms with Crippen LogP contribution in [0, 0.1) is 12.8 Å². The minimum absolute atomic E-state index is 0.428. The second-order valence-corrected chi connectivity index (χ2v) is 6.14. The van der Waals surface area contributed by atoms with Gasteiger partial charge in [-0.25, -0.2) is 15.0 Å². The molecule has 1 aliphatic carbocycles. The van der Waals surface area contributed by atoms with E-state index in [0.29, 0.717) is 23.2 Å². The summed E-state index contributed by atoms with van der Waals surface area (Å²) in [5, 5.41) is 0. The van der Waals surface area contributed by atoms with Crippen molar-refractivity contribution in [1.29, 1.82) is 0 Å². The minimum Gasteiger partial charge on any atom is -0.382 e. The number of rotatable bonds is 2. The summed E-state index contributed by atoms with van der Waals surface area (Å²) in [6.45, 7) is 10.9. The van der Waals surface area contributed by atoms with Crippen molar-refractivity contribution >= 4 is 22.9 Å². The number of nitrogen functional groups attached to an aromatic ring is 1. The topological polar surface area (TPSA) is 89.9 Å². The number of hydrogen-bond acceptors (Lipinski definition) is 5. The molecule has 0 spiro atoms. The molecule has 2 fully saturated rings. The Morgan fingerprint density at radius 2 is 1.88 bits per heavy atom. The van der Waals surface area contributed by atoms with Crippen molar-refractivity contribution in [2.45, 2.75) is 59.9 Å². The zero-order valence-corrected chi connectivity index (χ0v) is 15.8. The lowest BCUT2D eigenvalue weighted by atomic mass is 10.3. The van der Waals surface area contributed by atoms with E-state index in [1.807, 2.05) is 37.2 Å². The molecule has 7 nitrogen and oxygen atoms in total. The van der Waals surface area contributed by atoms with Gasteiger partial charge in [-0.15, -0.1) is 0 Å². The molecule has 0 atom stereocenters. The highest BCUT2D eigenvalue weighted by molar-refractivity contribution is 5.82. The molecule has 4 rings (SSSR count). The molecule has 2 aromatic heterocycles. The third-order valence-corrected chi connectivity index (χ3v) is 4.41. The maximum Gasteiger partial charge on any atom is 0.225 e. The molecule has 0 aromatic carbocycles. The maximum absolute atomic E-state index is 11.3. The minimum atomic E-state index is 0.428. The number of aryl methyl sites for hydroxylation is 2. The van der Waals surface area contributed by atoms with E-state index in [4.69, 9.17) is 5.73 Å². The van der Waals surface area contributed by atoms with Crippen LogP contribution in [0.15, 0.2) is 6.33 Å². The van der Waals surface area contributed by atoms with Gasteiger partial charge in [0.05, 0.1) is 0 Å². The number of likely N-dealkylation sites (tertiary alicyclic amines) is 1. The molecule has 1 saturated heterocycles. The molecule has 0 unspecified atom stereocenters. The number of nitrogens with two attached hydrogens (primary N) is 1. The van der Waals surface area contributed by atoms with E-state index in [0.717, 1.165) is 43.9 Å². The van der Waals surface area contributed by atoms with E-state index in [1.54, 1.807) is 0 Å². The molecule has 3 heterocycles. The van der Waals surface area contributed by atoms with E-state index in [1.165, 1.54) is 19.2 Å². The fourth-order valence-electron chi connectivity index (χ4n) is 2.97. The Morgan fingerprint density at radius 3 is 2.44 bits per heavy atom. The van der Waals surface area contributed by atoms with Gasteiger partial charge >= 0.3 is 0 Å². The van der Waals surface area contributed by atoms with Crippen molar-refractivity contribution < 1.29 is 4.79 Å². The highest BCUT2D eigenvalue weighted by Crippen LogP contribution is 2.31. The van der Waals surface area contributed by atoms with Crippen molar-refractivity contribution in [3.8, 4) is 0 Å². The standard InChI is InChI=1S/C8H11N5.C8H13NO.C2H6/c1-3-13-5(2)12-6-7(9)10-4-11-8(6)13;10-8(7-3-4-7)9-5-1-2-6-9;1-2/h4H,3H2,1-2H3,(H2,9,10,11);7H,1-6H2;1-2H3. The van der Waals surface area contributed by atoms with Crippen LogP contribution < -0.4 is 5.73 Å². The summed E-state index contributed by atoms with van der Waals surface area (Å²) in [7, 11) is 0.